The summed E-state index contributed by atoms with van der Waals surface area (Å²) >= 11 is 0. The largest absolute Gasteiger partial charge is 0.309 e. The molecule has 0 spiro atoms. The predicted octanol–water partition coefficient (Wildman–Crippen LogP) is 15.5. The molecule has 10 aromatic carbocycles. The van der Waals surface area contributed by atoms with Crippen LogP contribution >= 0.6 is 0 Å². The number of para-hydroxylation sites is 2. The lowest BCUT2D eigenvalue weighted by molar-refractivity contribution is 1.03. The first-order valence-electron chi connectivity index (χ1n) is 21.2. The van der Waals surface area contributed by atoms with Crippen LogP contribution in [0.3, 0.4) is 0 Å². The van der Waals surface area contributed by atoms with E-state index in [0.717, 1.165) is 11.4 Å². The van der Waals surface area contributed by atoms with E-state index in [1.54, 1.807) is 0 Å². The summed E-state index contributed by atoms with van der Waals surface area (Å²) < 4.78 is 4.95. The summed E-state index contributed by atoms with van der Waals surface area (Å²) in [5, 5.41) is 7.59. The number of benzene rings is 10. The van der Waals surface area contributed by atoms with E-state index in [9.17, 15) is 0 Å². The highest BCUT2D eigenvalue weighted by Gasteiger charge is 2.31. The minimum absolute atomic E-state index is 0.173. The Morgan fingerprint density at radius 1 is 0.295 bits per heavy atom. The minimum atomic E-state index is 0.173. The van der Waals surface area contributed by atoms with Gasteiger partial charge in [0.15, 0.2) is 0 Å². The van der Waals surface area contributed by atoms with Crippen LogP contribution in [-0.2, 0) is 0 Å². The topological polar surface area (TPSA) is 9.86 Å². The first-order chi connectivity index (χ1) is 30.3. The van der Waals surface area contributed by atoms with E-state index < -0.39 is 0 Å². The molecule has 0 fully saturated rings. The lowest BCUT2D eigenvalue weighted by atomic mass is 9.86. The smallest absolute Gasteiger partial charge is 0.0641 e. The Hall–Kier alpha value is -7.94. The van der Waals surface area contributed by atoms with E-state index in [1.165, 1.54) is 104 Å². The van der Waals surface area contributed by atoms with Gasteiger partial charge in [0.05, 0.1) is 22.1 Å². The second-order valence-corrected chi connectivity index (χ2v) is 16.4. The molecule has 2 heterocycles. The molecular weight excluding hydrogens is 737 g/mol. The maximum atomic E-state index is 2.48. The van der Waals surface area contributed by atoms with Crippen molar-refractivity contribution in [3.63, 3.8) is 0 Å². The fraction of sp³-hybridized carbons (Fsp3) is 0.0169. The molecule has 0 bridgehead atoms. The van der Waals surface area contributed by atoms with Gasteiger partial charge in [-0.25, -0.2) is 0 Å². The molecule has 12 aromatic rings. The lowest BCUT2D eigenvalue weighted by Gasteiger charge is -2.17. The van der Waals surface area contributed by atoms with E-state index in [2.05, 4.69) is 234 Å². The molecule has 2 heteroatoms. The highest BCUT2D eigenvalue weighted by Crippen LogP contribution is 2.51. The zero-order valence-electron chi connectivity index (χ0n) is 33.3. The molecule has 61 heavy (non-hydrogen) atoms. The Bertz CT molecular complexity index is 3690. The number of hydrogen-bond donors (Lipinski definition) is 0. The summed E-state index contributed by atoms with van der Waals surface area (Å²) in [6.45, 7) is 0. The van der Waals surface area contributed by atoms with Gasteiger partial charge >= 0.3 is 0 Å². The fourth-order valence-corrected chi connectivity index (χ4v) is 10.5. The standard InChI is InChI=1S/C59H38N2/c1-3-15-38(16-4-1)40-19-13-22-44(35-40)60-55-33-30-42(37-53(55)58-56(60)34-32-51-47-25-11-12-28-54(47)61(59(51)58)43-20-5-2-6-21-43)41-29-31-50-52(36-41)46-24-9-10-26-49(46)57(50)48-27-14-18-39-17-7-8-23-45(39)48/h1-37,57H. The molecule has 0 N–H and O–H groups in total. The van der Waals surface area contributed by atoms with Crippen LogP contribution in [0.5, 0.6) is 0 Å². The third kappa shape index (κ3) is 5.09. The average Bonchev–Trinajstić information content (AvgIpc) is 3.97. The van der Waals surface area contributed by atoms with Gasteiger partial charge in [-0.2, -0.15) is 0 Å². The second kappa shape index (κ2) is 13.3. The van der Waals surface area contributed by atoms with Crippen molar-refractivity contribution in [2.75, 3.05) is 0 Å². The second-order valence-electron chi connectivity index (χ2n) is 16.4. The average molecular weight is 775 g/mol. The number of fused-ring (bicyclic) bond motifs is 11. The molecule has 0 radical (unpaired) electrons. The van der Waals surface area contributed by atoms with Gasteiger partial charge in [-0.1, -0.05) is 170 Å². The summed E-state index contributed by atoms with van der Waals surface area (Å²) in [6, 6.07) is 82.9. The zero-order chi connectivity index (χ0) is 40.0. The monoisotopic (exact) mass is 774 g/mol. The molecule has 0 aliphatic heterocycles. The van der Waals surface area contributed by atoms with E-state index in [-0.39, 0.29) is 5.92 Å². The van der Waals surface area contributed by atoms with Gasteiger partial charge in [0.2, 0.25) is 0 Å². The number of aromatic nitrogens is 2. The Kier molecular flexibility index (Phi) is 7.40. The van der Waals surface area contributed by atoms with Crippen LogP contribution in [0, 0.1) is 0 Å². The van der Waals surface area contributed by atoms with Crippen molar-refractivity contribution in [2.24, 2.45) is 0 Å². The van der Waals surface area contributed by atoms with Crippen LogP contribution in [0.1, 0.15) is 22.6 Å². The van der Waals surface area contributed by atoms with Crippen LogP contribution in [0.4, 0.5) is 0 Å². The number of rotatable bonds is 5. The van der Waals surface area contributed by atoms with Crippen molar-refractivity contribution >= 4 is 54.4 Å². The zero-order valence-corrected chi connectivity index (χ0v) is 33.3. The Morgan fingerprint density at radius 2 is 0.902 bits per heavy atom. The summed E-state index contributed by atoms with van der Waals surface area (Å²) in [5.41, 5.74) is 18.7. The van der Waals surface area contributed by atoms with E-state index in [0.29, 0.717) is 0 Å². The van der Waals surface area contributed by atoms with Crippen LogP contribution in [0.2, 0.25) is 0 Å². The first-order valence-corrected chi connectivity index (χ1v) is 21.2. The SMILES string of the molecule is c1ccc(-c2cccc(-n3c4ccc(-c5ccc6c(c5)-c5ccccc5C6c5cccc6ccccc56)cc4c4c3ccc3c5ccccc5n(-c5ccccc5)c34)c2)cc1. The molecule has 2 aromatic heterocycles. The normalized spacial score (nSPS) is 13.4. The Morgan fingerprint density at radius 3 is 1.80 bits per heavy atom. The third-order valence-electron chi connectivity index (χ3n) is 13.2. The highest BCUT2D eigenvalue weighted by atomic mass is 15.0. The maximum absolute atomic E-state index is 2.48. The van der Waals surface area contributed by atoms with Crippen molar-refractivity contribution in [1.29, 1.82) is 0 Å². The molecule has 1 aliphatic carbocycles. The number of hydrogen-bond acceptors (Lipinski definition) is 0. The molecule has 1 unspecified atom stereocenters. The van der Waals surface area contributed by atoms with Gasteiger partial charge in [0, 0.05) is 38.8 Å². The number of nitrogens with zero attached hydrogens (tertiary/aromatic N) is 2. The van der Waals surface area contributed by atoms with Crippen molar-refractivity contribution in [3.05, 3.63) is 241 Å². The first kappa shape index (κ1) is 34.0. The molecular formula is C59H38N2. The molecule has 2 nitrogen and oxygen atoms in total. The molecule has 0 amide bonds. The van der Waals surface area contributed by atoms with Gasteiger partial charge in [0.1, 0.15) is 0 Å². The van der Waals surface area contributed by atoms with E-state index in [4.69, 9.17) is 0 Å². The van der Waals surface area contributed by atoms with E-state index in [1.807, 2.05) is 0 Å². The molecule has 1 atom stereocenters. The van der Waals surface area contributed by atoms with Crippen molar-refractivity contribution in [3.8, 4) is 44.8 Å². The minimum Gasteiger partial charge on any atom is -0.309 e. The fourth-order valence-electron chi connectivity index (χ4n) is 10.5. The molecule has 284 valence electrons. The van der Waals surface area contributed by atoms with Crippen LogP contribution < -0.4 is 0 Å². The van der Waals surface area contributed by atoms with Crippen molar-refractivity contribution in [1.82, 2.24) is 9.13 Å². The highest BCUT2D eigenvalue weighted by molar-refractivity contribution is 6.26. The Labute approximate surface area is 353 Å². The van der Waals surface area contributed by atoms with Crippen LogP contribution in [-0.4, -0.2) is 9.13 Å². The van der Waals surface area contributed by atoms with Crippen LogP contribution in [0.15, 0.2) is 224 Å². The summed E-state index contributed by atoms with van der Waals surface area (Å²) in [6.07, 6.45) is 0. The quantitative estimate of drug-likeness (QED) is 0.165. The summed E-state index contributed by atoms with van der Waals surface area (Å²) in [5.74, 6) is 0.173. The summed E-state index contributed by atoms with van der Waals surface area (Å²) in [7, 11) is 0. The van der Waals surface area contributed by atoms with Crippen molar-refractivity contribution < 1.29 is 0 Å². The lowest BCUT2D eigenvalue weighted by Crippen LogP contribution is -2.00. The van der Waals surface area contributed by atoms with Crippen LogP contribution in [0.25, 0.3) is 99.1 Å². The van der Waals surface area contributed by atoms with Gasteiger partial charge in [-0.3, -0.25) is 0 Å². The molecule has 1 aliphatic rings. The maximum Gasteiger partial charge on any atom is 0.0641 e. The molecule has 0 saturated carbocycles. The molecule has 0 saturated heterocycles. The van der Waals surface area contributed by atoms with Gasteiger partial charge in [-0.05, 0) is 115 Å². The van der Waals surface area contributed by atoms with Gasteiger partial charge in [0.25, 0.3) is 0 Å². The van der Waals surface area contributed by atoms with Gasteiger partial charge in [-0.15, -0.1) is 0 Å². The summed E-state index contributed by atoms with van der Waals surface area (Å²) in [4.78, 5) is 0. The van der Waals surface area contributed by atoms with E-state index >= 15 is 0 Å². The predicted molar refractivity (Wildman–Crippen MR) is 256 cm³/mol. The third-order valence-corrected chi connectivity index (χ3v) is 13.2. The van der Waals surface area contributed by atoms with Crippen molar-refractivity contribution in [2.45, 2.75) is 5.92 Å². The Balaban J connectivity index is 1.07. The molecule has 13 rings (SSSR count). The van der Waals surface area contributed by atoms with Gasteiger partial charge < -0.3 is 9.13 Å².